The Balaban J connectivity index is 1.98. The van der Waals surface area contributed by atoms with Gasteiger partial charge in [-0.05, 0) is 56.7 Å². The molecule has 1 saturated heterocycles. The molecular weight excluding hydrogens is 344 g/mol. The van der Waals surface area contributed by atoms with Gasteiger partial charge in [-0.2, -0.15) is 4.31 Å². The van der Waals surface area contributed by atoms with E-state index < -0.39 is 10.0 Å². The van der Waals surface area contributed by atoms with Crippen LogP contribution in [0.3, 0.4) is 0 Å². The first-order valence-electron chi connectivity index (χ1n) is 8.33. The number of nitrogens with one attached hydrogen (secondary N) is 1. The lowest BCUT2D eigenvalue weighted by molar-refractivity contribution is -0.126. The standard InChI is InChI=1S/C17H26N2O3S2/c1-4-13(2)18-17(20)14-9-11-19(12-10-14)24(21,22)16-7-5-15(23-3)6-8-16/h5-8,13-14H,4,9-12H2,1-3H3,(H,18,20)/t13-/m1/s1. The summed E-state index contributed by atoms with van der Waals surface area (Å²) in [6.07, 6.45) is 4.00. The van der Waals surface area contributed by atoms with Crippen LogP contribution in [0.2, 0.25) is 0 Å². The van der Waals surface area contributed by atoms with Gasteiger partial charge in [-0.1, -0.05) is 6.92 Å². The number of hydrogen-bond donors (Lipinski definition) is 1. The average Bonchev–Trinajstić information content (AvgIpc) is 2.61. The van der Waals surface area contributed by atoms with Crippen molar-refractivity contribution in [2.24, 2.45) is 5.92 Å². The van der Waals surface area contributed by atoms with Crippen molar-refractivity contribution in [2.45, 2.75) is 48.9 Å². The zero-order valence-corrected chi connectivity index (χ0v) is 16.1. The molecule has 0 saturated carbocycles. The van der Waals surface area contributed by atoms with Crippen molar-refractivity contribution in [1.29, 1.82) is 0 Å². The molecule has 0 radical (unpaired) electrons. The number of benzene rings is 1. The van der Waals surface area contributed by atoms with Crippen molar-refractivity contribution in [3.05, 3.63) is 24.3 Å². The van der Waals surface area contributed by atoms with Crippen LogP contribution in [0, 0.1) is 5.92 Å². The number of carbonyl (C=O) groups excluding carboxylic acids is 1. The first kappa shape index (κ1) is 19.3. The smallest absolute Gasteiger partial charge is 0.243 e. The SMILES string of the molecule is CC[C@@H](C)NC(=O)C1CCN(S(=O)(=O)c2ccc(SC)cc2)CC1. The Bertz CT molecular complexity index is 651. The van der Waals surface area contributed by atoms with Crippen molar-refractivity contribution in [3.63, 3.8) is 0 Å². The molecule has 2 rings (SSSR count). The summed E-state index contributed by atoms with van der Waals surface area (Å²) in [6.45, 7) is 4.80. The molecule has 134 valence electrons. The first-order valence-corrected chi connectivity index (χ1v) is 11.0. The highest BCUT2D eigenvalue weighted by molar-refractivity contribution is 7.98. The highest BCUT2D eigenvalue weighted by Crippen LogP contribution is 2.25. The van der Waals surface area contributed by atoms with E-state index in [-0.39, 0.29) is 17.9 Å². The summed E-state index contributed by atoms with van der Waals surface area (Å²) in [6, 6.07) is 7.12. The summed E-state index contributed by atoms with van der Waals surface area (Å²) in [5.74, 6) is -0.0463. The minimum Gasteiger partial charge on any atom is -0.353 e. The number of hydrogen-bond acceptors (Lipinski definition) is 4. The molecule has 1 amide bonds. The van der Waals surface area contributed by atoms with Crippen molar-refractivity contribution in [2.75, 3.05) is 19.3 Å². The molecule has 0 bridgehead atoms. The molecule has 0 unspecified atom stereocenters. The highest BCUT2D eigenvalue weighted by Gasteiger charge is 2.32. The van der Waals surface area contributed by atoms with Crippen LogP contribution in [-0.2, 0) is 14.8 Å². The second-order valence-corrected chi connectivity index (χ2v) is 8.99. The third kappa shape index (κ3) is 4.52. The van der Waals surface area contributed by atoms with Gasteiger partial charge in [0.2, 0.25) is 15.9 Å². The van der Waals surface area contributed by atoms with E-state index in [4.69, 9.17) is 0 Å². The highest BCUT2D eigenvalue weighted by atomic mass is 32.2. The minimum atomic E-state index is -3.47. The normalized spacial score (nSPS) is 18.3. The van der Waals surface area contributed by atoms with Crippen molar-refractivity contribution >= 4 is 27.7 Å². The van der Waals surface area contributed by atoms with E-state index in [0.717, 1.165) is 11.3 Å². The lowest BCUT2D eigenvalue weighted by Gasteiger charge is -2.31. The van der Waals surface area contributed by atoms with Crippen LogP contribution in [0.25, 0.3) is 0 Å². The third-order valence-corrected chi connectivity index (χ3v) is 7.18. The van der Waals surface area contributed by atoms with E-state index in [9.17, 15) is 13.2 Å². The number of rotatable bonds is 6. The molecule has 24 heavy (non-hydrogen) atoms. The quantitative estimate of drug-likeness (QED) is 0.782. The van der Waals surface area contributed by atoms with E-state index in [1.807, 2.05) is 32.2 Å². The molecule has 0 spiro atoms. The Morgan fingerprint density at radius 2 is 1.88 bits per heavy atom. The molecule has 1 aromatic rings. The topological polar surface area (TPSA) is 66.5 Å². The molecule has 1 aliphatic heterocycles. The Morgan fingerprint density at radius 3 is 2.38 bits per heavy atom. The number of sulfonamides is 1. The van der Waals surface area contributed by atoms with E-state index in [1.54, 1.807) is 23.9 Å². The van der Waals surface area contributed by atoms with Crippen molar-refractivity contribution in [1.82, 2.24) is 9.62 Å². The maximum absolute atomic E-state index is 12.7. The molecule has 1 N–H and O–H groups in total. The van der Waals surface area contributed by atoms with Gasteiger partial charge in [0.15, 0.2) is 0 Å². The zero-order chi connectivity index (χ0) is 17.7. The Hall–Kier alpha value is -1.05. The number of amides is 1. The fourth-order valence-electron chi connectivity index (χ4n) is 2.72. The molecule has 7 heteroatoms. The van der Waals surface area contributed by atoms with Gasteiger partial charge in [-0.3, -0.25) is 4.79 Å². The lowest BCUT2D eigenvalue weighted by Crippen LogP contribution is -2.44. The summed E-state index contributed by atoms with van der Waals surface area (Å²) in [5.41, 5.74) is 0. The first-order chi connectivity index (χ1) is 11.4. The van der Waals surface area contributed by atoms with Crippen LogP contribution < -0.4 is 5.32 Å². The van der Waals surface area contributed by atoms with Gasteiger partial charge in [0.05, 0.1) is 4.90 Å². The fraction of sp³-hybridized carbons (Fsp3) is 0.588. The molecular formula is C17H26N2O3S2. The third-order valence-electron chi connectivity index (χ3n) is 4.52. The van der Waals surface area contributed by atoms with Gasteiger partial charge in [-0.15, -0.1) is 11.8 Å². The number of piperidine rings is 1. The fourth-order valence-corrected chi connectivity index (χ4v) is 4.60. The van der Waals surface area contributed by atoms with Gasteiger partial charge in [0, 0.05) is 29.9 Å². The average molecular weight is 371 g/mol. The predicted molar refractivity (Wildman–Crippen MR) is 97.6 cm³/mol. The van der Waals surface area contributed by atoms with Crippen LogP contribution in [0.5, 0.6) is 0 Å². The predicted octanol–water partition coefficient (Wildman–Crippen LogP) is 2.72. The van der Waals surface area contributed by atoms with Crippen LogP contribution in [0.1, 0.15) is 33.1 Å². The number of carbonyl (C=O) groups is 1. The van der Waals surface area contributed by atoms with Crippen LogP contribution in [0.4, 0.5) is 0 Å². The molecule has 1 aromatic carbocycles. The maximum Gasteiger partial charge on any atom is 0.243 e. The summed E-state index contributed by atoms with van der Waals surface area (Å²) < 4.78 is 26.9. The van der Waals surface area contributed by atoms with Crippen molar-refractivity contribution in [3.8, 4) is 0 Å². The molecule has 1 atom stereocenters. The van der Waals surface area contributed by atoms with Crippen LogP contribution >= 0.6 is 11.8 Å². The molecule has 1 heterocycles. The van der Waals surface area contributed by atoms with Gasteiger partial charge in [0.25, 0.3) is 0 Å². The Labute approximate surface area is 149 Å². The Kier molecular flexibility index (Phi) is 6.71. The van der Waals surface area contributed by atoms with E-state index >= 15 is 0 Å². The summed E-state index contributed by atoms with van der Waals surface area (Å²) >= 11 is 1.58. The largest absolute Gasteiger partial charge is 0.353 e. The zero-order valence-electron chi connectivity index (χ0n) is 14.5. The van der Waals surface area contributed by atoms with Gasteiger partial charge >= 0.3 is 0 Å². The Morgan fingerprint density at radius 1 is 1.29 bits per heavy atom. The lowest BCUT2D eigenvalue weighted by atomic mass is 9.97. The molecule has 1 fully saturated rings. The second-order valence-electron chi connectivity index (χ2n) is 6.17. The van der Waals surface area contributed by atoms with E-state index in [1.165, 1.54) is 4.31 Å². The minimum absolute atomic E-state index is 0.0470. The molecule has 0 aromatic heterocycles. The summed E-state index contributed by atoms with van der Waals surface area (Å²) in [4.78, 5) is 13.5. The summed E-state index contributed by atoms with van der Waals surface area (Å²) in [7, 11) is -3.47. The molecule has 5 nitrogen and oxygen atoms in total. The second kappa shape index (κ2) is 8.36. The molecule has 1 aliphatic rings. The van der Waals surface area contributed by atoms with Crippen LogP contribution in [0.15, 0.2) is 34.1 Å². The molecule has 0 aliphatic carbocycles. The van der Waals surface area contributed by atoms with E-state index in [2.05, 4.69) is 5.32 Å². The number of nitrogens with zero attached hydrogens (tertiary/aromatic N) is 1. The summed E-state index contributed by atoms with van der Waals surface area (Å²) in [5, 5.41) is 2.99. The monoisotopic (exact) mass is 370 g/mol. The van der Waals surface area contributed by atoms with Crippen molar-refractivity contribution < 1.29 is 13.2 Å². The van der Waals surface area contributed by atoms with Crippen LogP contribution in [-0.4, -0.2) is 44.0 Å². The number of thioether (sulfide) groups is 1. The van der Waals surface area contributed by atoms with Gasteiger partial charge < -0.3 is 5.32 Å². The van der Waals surface area contributed by atoms with Gasteiger partial charge in [0.1, 0.15) is 0 Å². The van der Waals surface area contributed by atoms with E-state index in [0.29, 0.717) is 30.8 Å². The van der Waals surface area contributed by atoms with Gasteiger partial charge in [-0.25, -0.2) is 8.42 Å². The maximum atomic E-state index is 12.7.